The lowest BCUT2D eigenvalue weighted by Crippen LogP contribution is -2.31. The van der Waals surface area contributed by atoms with Crippen molar-refractivity contribution >= 4 is 22.8 Å². The maximum atomic E-state index is 14.1. The van der Waals surface area contributed by atoms with E-state index in [2.05, 4.69) is 15.5 Å². The van der Waals surface area contributed by atoms with Crippen molar-refractivity contribution in [1.82, 2.24) is 24.5 Å². The summed E-state index contributed by atoms with van der Waals surface area (Å²) in [7, 11) is 3.51. The van der Waals surface area contributed by atoms with Crippen LogP contribution in [0.5, 0.6) is 11.5 Å². The second-order valence-corrected chi connectivity index (χ2v) is 8.59. The third-order valence-corrected chi connectivity index (χ3v) is 5.88. The van der Waals surface area contributed by atoms with E-state index in [4.69, 9.17) is 4.74 Å². The number of ether oxygens (including phenoxy) is 1. The predicted molar refractivity (Wildman–Crippen MR) is 136 cm³/mol. The molecule has 0 saturated carbocycles. The Bertz CT molecular complexity index is 1540. The fraction of sp³-hybridized carbons (Fsp3) is 0.148. The minimum Gasteiger partial charge on any atom is -0.457 e. The molecule has 0 unspecified atom stereocenters. The van der Waals surface area contributed by atoms with E-state index in [-0.39, 0.29) is 12.6 Å². The molecule has 0 fully saturated rings. The number of hydrogen-bond acceptors (Lipinski definition) is 4. The monoisotopic (exact) mass is 484 g/mol. The van der Waals surface area contributed by atoms with E-state index in [1.165, 1.54) is 17.0 Å². The van der Waals surface area contributed by atoms with E-state index in [1.54, 1.807) is 40.9 Å². The van der Waals surface area contributed by atoms with Crippen LogP contribution in [0.15, 0.2) is 79.1 Å². The summed E-state index contributed by atoms with van der Waals surface area (Å²) in [4.78, 5) is 14.4. The number of fused-ring (bicyclic) bond motifs is 1. The first-order valence-electron chi connectivity index (χ1n) is 11.4. The Morgan fingerprint density at radius 1 is 1.06 bits per heavy atom. The molecule has 8 nitrogen and oxygen atoms in total. The first kappa shape index (κ1) is 23.1. The number of amides is 2. The van der Waals surface area contributed by atoms with Crippen LogP contribution in [-0.2, 0) is 13.6 Å². The molecule has 1 N–H and O–H groups in total. The average Bonchev–Trinajstić information content (AvgIpc) is 3.47. The minimum absolute atomic E-state index is 0.132. The highest BCUT2D eigenvalue weighted by Gasteiger charge is 2.16. The number of nitrogens with one attached hydrogen (secondary N) is 1. The summed E-state index contributed by atoms with van der Waals surface area (Å²) in [5.74, 6) is 1.17. The highest BCUT2D eigenvalue weighted by molar-refractivity contribution is 5.88. The van der Waals surface area contributed by atoms with E-state index in [0.717, 1.165) is 22.2 Å². The van der Waals surface area contributed by atoms with Crippen LogP contribution in [0.1, 0.15) is 11.1 Å². The molecule has 3 aromatic carbocycles. The van der Waals surface area contributed by atoms with Gasteiger partial charge in [-0.15, -0.1) is 0 Å². The van der Waals surface area contributed by atoms with Crippen molar-refractivity contribution < 1.29 is 13.9 Å². The first-order chi connectivity index (χ1) is 17.4. The Morgan fingerprint density at radius 2 is 1.86 bits per heavy atom. The van der Waals surface area contributed by atoms with Gasteiger partial charge in [0.2, 0.25) is 0 Å². The molecule has 2 aromatic heterocycles. The molecule has 5 aromatic rings. The Labute approximate surface area is 207 Å². The summed E-state index contributed by atoms with van der Waals surface area (Å²) >= 11 is 0. The number of aryl methyl sites for hydroxylation is 2. The first-order valence-corrected chi connectivity index (χ1v) is 11.4. The lowest BCUT2D eigenvalue weighted by atomic mass is 10.2. The molecule has 0 saturated heterocycles. The van der Waals surface area contributed by atoms with Gasteiger partial charge >= 0.3 is 6.03 Å². The molecule has 0 atom stereocenters. The Balaban J connectivity index is 1.32. The van der Waals surface area contributed by atoms with Crippen LogP contribution >= 0.6 is 0 Å². The van der Waals surface area contributed by atoms with Crippen molar-refractivity contribution in [3.05, 3.63) is 96.1 Å². The van der Waals surface area contributed by atoms with E-state index in [9.17, 15) is 9.18 Å². The molecule has 9 heteroatoms. The third-order valence-electron chi connectivity index (χ3n) is 5.88. The minimum atomic E-state index is -0.411. The molecule has 182 valence electrons. The highest BCUT2D eigenvalue weighted by Crippen LogP contribution is 2.29. The maximum absolute atomic E-state index is 14.1. The van der Waals surface area contributed by atoms with Gasteiger partial charge in [0.1, 0.15) is 23.1 Å². The van der Waals surface area contributed by atoms with Crippen LogP contribution < -0.4 is 10.1 Å². The largest absolute Gasteiger partial charge is 0.457 e. The molecule has 0 bridgehead atoms. The fourth-order valence-electron chi connectivity index (χ4n) is 3.93. The van der Waals surface area contributed by atoms with E-state index >= 15 is 0 Å². The summed E-state index contributed by atoms with van der Waals surface area (Å²) in [5, 5.41) is 12.4. The highest BCUT2D eigenvalue weighted by atomic mass is 19.1. The van der Waals surface area contributed by atoms with Crippen LogP contribution in [0.2, 0.25) is 0 Å². The number of benzene rings is 3. The van der Waals surface area contributed by atoms with E-state index in [0.29, 0.717) is 22.9 Å². The number of anilines is 1. The van der Waals surface area contributed by atoms with Crippen molar-refractivity contribution in [2.45, 2.75) is 13.5 Å². The van der Waals surface area contributed by atoms with Crippen molar-refractivity contribution in [2.24, 2.45) is 7.05 Å². The zero-order valence-corrected chi connectivity index (χ0v) is 20.1. The number of halogens is 1. The molecular weight excluding hydrogens is 459 g/mol. The predicted octanol–water partition coefficient (Wildman–Crippen LogP) is 5.66. The van der Waals surface area contributed by atoms with Gasteiger partial charge in [-0.1, -0.05) is 17.7 Å². The van der Waals surface area contributed by atoms with Gasteiger partial charge in [0.25, 0.3) is 0 Å². The van der Waals surface area contributed by atoms with Crippen molar-refractivity contribution in [2.75, 3.05) is 12.4 Å². The van der Waals surface area contributed by atoms with Crippen LogP contribution in [-0.4, -0.2) is 37.5 Å². The van der Waals surface area contributed by atoms with Crippen LogP contribution in [0.4, 0.5) is 15.0 Å². The molecule has 0 radical (unpaired) electrons. The maximum Gasteiger partial charge on any atom is 0.323 e. The van der Waals surface area contributed by atoms with Gasteiger partial charge in [0, 0.05) is 31.1 Å². The second-order valence-electron chi connectivity index (χ2n) is 8.59. The van der Waals surface area contributed by atoms with Gasteiger partial charge in [-0.25, -0.2) is 13.9 Å². The molecule has 2 heterocycles. The zero-order valence-electron chi connectivity index (χ0n) is 20.1. The van der Waals surface area contributed by atoms with Gasteiger partial charge in [-0.05, 0) is 55.5 Å². The summed E-state index contributed by atoms with van der Waals surface area (Å²) in [5.41, 5.74) is 3.47. The number of carbonyl (C=O) groups is 1. The average molecular weight is 485 g/mol. The summed E-state index contributed by atoms with van der Waals surface area (Å²) in [6.45, 7) is 2.14. The topological polar surface area (TPSA) is 77.2 Å². The Morgan fingerprint density at radius 3 is 2.67 bits per heavy atom. The lowest BCUT2D eigenvalue weighted by molar-refractivity contribution is 0.220. The summed E-state index contributed by atoms with van der Waals surface area (Å²) in [6, 6.07) is 19.1. The molecule has 0 aliphatic carbocycles. The standard InChI is InChI=1S/C27H25FN6O2/c1-18-4-7-22(8-5-18)34-26(12-13-29-34)31-27(35)32(2)17-20-14-21(28)6-11-25(20)36-23-9-10-24-19(15-23)16-30-33(24)3/h4-16H,17H2,1-3H3,(H,31,35). The SMILES string of the molecule is Cc1ccc(-n2nccc2NC(=O)N(C)Cc2cc(F)ccc2Oc2ccc3c(cnn3C)c2)cc1. The number of rotatable bonds is 6. The zero-order chi connectivity index (χ0) is 25.2. The molecule has 2 amide bonds. The van der Waals surface area contributed by atoms with E-state index < -0.39 is 5.82 Å². The molecule has 36 heavy (non-hydrogen) atoms. The van der Waals surface area contributed by atoms with Crippen LogP contribution in [0.25, 0.3) is 16.6 Å². The lowest BCUT2D eigenvalue weighted by Gasteiger charge is -2.20. The van der Waals surface area contributed by atoms with Crippen molar-refractivity contribution in [3.63, 3.8) is 0 Å². The summed E-state index contributed by atoms with van der Waals surface area (Å²) in [6.07, 6.45) is 3.38. The smallest absolute Gasteiger partial charge is 0.323 e. The Hall–Kier alpha value is -4.66. The second kappa shape index (κ2) is 9.53. The van der Waals surface area contributed by atoms with Crippen molar-refractivity contribution in [3.8, 4) is 17.2 Å². The number of aromatic nitrogens is 4. The molecule has 5 rings (SSSR count). The molecule has 0 aliphatic rings. The molecule has 0 aliphatic heterocycles. The summed E-state index contributed by atoms with van der Waals surface area (Å²) < 4.78 is 23.6. The van der Waals surface area contributed by atoms with Gasteiger partial charge in [-0.3, -0.25) is 10.00 Å². The normalized spacial score (nSPS) is 11.0. The van der Waals surface area contributed by atoms with Crippen LogP contribution in [0.3, 0.4) is 0 Å². The number of carbonyl (C=O) groups excluding carboxylic acids is 1. The Kier molecular flexibility index (Phi) is 6.12. The molecule has 0 spiro atoms. The van der Waals surface area contributed by atoms with E-state index in [1.807, 2.05) is 56.4 Å². The quantitative estimate of drug-likeness (QED) is 0.337. The van der Waals surface area contributed by atoms with Crippen LogP contribution in [0, 0.1) is 12.7 Å². The van der Waals surface area contributed by atoms with Gasteiger partial charge in [0.15, 0.2) is 0 Å². The van der Waals surface area contributed by atoms with Gasteiger partial charge in [-0.2, -0.15) is 10.2 Å². The van der Waals surface area contributed by atoms with Gasteiger partial charge < -0.3 is 9.64 Å². The number of nitrogens with zero attached hydrogens (tertiary/aromatic N) is 5. The fourth-order valence-corrected chi connectivity index (χ4v) is 3.93. The number of hydrogen-bond donors (Lipinski definition) is 1. The van der Waals surface area contributed by atoms with Gasteiger partial charge in [0.05, 0.1) is 30.1 Å². The third kappa shape index (κ3) is 4.76. The number of urea groups is 1. The molecular formula is C27H25FN6O2. The van der Waals surface area contributed by atoms with Crippen molar-refractivity contribution in [1.29, 1.82) is 0 Å².